The molecule has 69 heavy (non-hydrogen) atoms. The number of hydrogen-bond donors (Lipinski definition) is 4. The Balaban J connectivity index is 1.04. The molecule has 2 fully saturated rings. The van der Waals surface area contributed by atoms with Gasteiger partial charge in [-0.25, -0.2) is 28.3 Å². The number of amides is 4. The summed E-state index contributed by atoms with van der Waals surface area (Å²) in [6, 6.07) is 15.6. The molecule has 0 saturated carbocycles. The van der Waals surface area contributed by atoms with E-state index in [1.54, 1.807) is 44.3 Å². The predicted octanol–water partition coefficient (Wildman–Crippen LogP) is 8.21. The lowest BCUT2D eigenvalue weighted by atomic mass is 10.0. The van der Waals surface area contributed by atoms with Crippen LogP contribution >= 0.6 is 0 Å². The van der Waals surface area contributed by atoms with Gasteiger partial charge >= 0.3 is 12.2 Å². The lowest BCUT2D eigenvalue weighted by Crippen LogP contribution is -2.51. The fourth-order valence-electron chi connectivity index (χ4n) is 9.78. The van der Waals surface area contributed by atoms with Gasteiger partial charge in [0.05, 0.1) is 80.5 Å². The SMILES string of the molecule is COC(=O)N[C@H](C(=O)N1CCC[C@H]1c1ncc(-c2cc(F)c3c(c2)OC(c2cccc(OC)c2)n2c-3cc3cc(-c4cnc([C@@H]5C[C@@H](F)CN5C(=O)[C@@H](NC(=O)OC)C(C)C)[nH]4)ccc32)[nH]1)C(C)C. The van der Waals surface area contributed by atoms with E-state index < -0.39 is 54.4 Å². The summed E-state index contributed by atoms with van der Waals surface area (Å²) < 4.78 is 55.8. The monoisotopic (exact) mass is 947 g/mol. The number of imidazole rings is 2. The molecule has 17 nitrogen and oxygen atoms in total. The molecule has 6 heterocycles. The maximum atomic E-state index is 16.9. The van der Waals surface area contributed by atoms with Crippen molar-refractivity contribution in [2.45, 2.75) is 83.5 Å². The smallest absolute Gasteiger partial charge is 0.407 e. The predicted molar refractivity (Wildman–Crippen MR) is 250 cm³/mol. The highest BCUT2D eigenvalue weighted by molar-refractivity contribution is 5.93. The summed E-state index contributed by atoms with van der Waals surface area (Å²) in [5.74, 6) is 0.174. The molecule has 4 N–H and O–H groups in total. The highest BCUT2D eigenvalue weighted by Crippen LogP contribution is 2.48. The minimum absolute atomic E-state index is 0.0312. The Kier molecular flexibility index (Phi) is 12.8. The second kappa shape index (κ2) is 18.9. The zero-order valence-corrected chi connectivity index (χ0v) is 39.3. The number of carbonyl (C=O) groups excluding carboxylic acids is 4. The number of likely N-dealkylation sites (tertiary alicyclic amines) is 2. The average Bonchev–Trinajstić information content (AvgIpc) is 4.21. The number of aromatic nitrogens is 5. The van der Waals surface area contributed by atoms with Gasteiger partial charge in [-0.1, -0.05) is 45.9 Å². The van der Waals surface area contributed by atoms with Crippen molar-refractivity contribution < 1.29 is 46.9 Å². The third-order valence-electron chi connectivity index (χ3n) is 13.3. The number of alkyl halides is 1. The molecule has 3 aromatic heterocycles. The molecule has 3 aliphatic heterocycles. The standard InChI is InChI=1S/C50H55F2N9O8/c1-25(2)42(57-49(64)67-6)46(62)59-15-9-12-37(59)44-53-23-35(56-44)29-18-33(52)41-38-19-30-16-27(13-14-36(30)61(38)48(69-40(41)20-29)28-10-8-11-32(17-28)66-5)34-22-54-45(55-34)39-21-31(51)24-60(39)47(63)43(26(3)4)58-50(65)68-7/h8,10-11,13-14,16-20,22-23,25-26,31,37,39,42-43,48H,9,12,15,21,24H2,1-7H3,(H,53,56)(H,54,55)(H,57,64)(H,58,65)/t31-,37+,39+,42+,43+,48?/m1/s1. The second-order valence-electron chi connectivity index (χ2n) is 18.4. The second-order valence-corrected chi connectivity index (χ2v) is 18.4. The van der Waals surface area contributed by atoms with Crippen LogP contribution in [-0.4, -0.2) is 111 Å². The van der Waals surface area contributed by atoms with Crippen LogP contribution in [0.3, 0.4) is 0 Å². The molecular weight excluding hydrogens is 893 g/mol. The third kappa shape index (κ3) is 8.81. The molecule has 19 heteroatoms. The summed E-state index contributed by atoms with van der Waals surface area (Å²) in [6.07, 6.45) is 1.20. The van der Waals surface area contributed by atoms with Crippen molar-refractivity contribution >= 4 is 34.9 Å². The van der Waals surface area contributed by atoms with Gasteiger partial charge in [0.25, 0.3) is 0 Å². The number of nitrogens with one attached hydrogen (secondary N) is 4. The van der Waals surface area contributed by atoms with Crippen molar-refractivity contribution in [2.24, 2.45) is 11.8 Å². The van der Waals surface area contributed by atoms with Crippen LogP contribution in [0.1, 0.15) is 82.5 Å². The molecule has 1 unspecified atom stereocenters. The van der Waals surface area contributed by atoms with Crippen molar-refractivity contribution in [3.05, 3.63) is 96.1 Å². The number of H-pyrrole nitrogens is 2. The van der Waals surface area contributed by atoms with Crippen molar-refractivity contribution in [3.8, 4) is 45.3 Å². The molecule has 0 aliphatic carbocycles. The van der Waals surface area contributed by atoms with Gasteiger partial charge in [-0.05, 0) is 67.1 Å². The number of ether oxygens (including phenoxy) is 4. The Labute approximate surface area is 396 Å². The van der Waals surface area contributed by atoms with Gasteiger partial charge in [-0.15, -0.1) is 0 Å². The number of carbonyl (C=O) groups is 4. The Morgan fingerprint density at radius 2 is 1.45 bits per heavy atom. The molecule has 2 saturated heterocycles. The first-order valence-corrected chi connectivity index (χ1v) is 23.0. The van der Waals surface area contributed by atoms with Crippen LogP contribution in [0, 0.1) is 17.7 Å². The van der Waals surface area contributed by atoms with E-state index in [0.29, 0.717) is 58.8 Å². The number of fused-ring (bicyclic) bond motifs is 5. The van der Waals surface area contributed by atoms with Gasteiger partial charge in [-0.2, -0.15) is 0 Å². The quantitative estimate of drug-likeness (QED) is 0.0928. The van der Waals surface area contributed by atoms with E-state index in [0.717, 1.165) is 28.5 Å². The molecule has 4 amide bonds. The van der Waals surface area contributed by atoms with E-state index in [9.17, 15) is 19.2 Å². The van der Waals surface area contributed by atoms with Crippen LogP contribution in [0.25, 0.3) is 44.7 Å². The van der Waals surface area contributed by atoms with Crippen molar-refractivity contribution in [2.75, 3.05) is 34.4 Å². The average molecular weight is 948 g/mol. The number of nitrogens with zero attached hydrogens (tertiary/aromatic N) is 5. The number of benzene rings is 3. The van der Waals surface area contributed by atoms with Gasteiger partial charge in [0.2, 0.25) is 18.0 Å². The minimum atomic E-state index is -1.29. The Hall–Kier alpha value is -7.44. The van der Waals surface area contributed by atoms with Crippen LogP contribution in [0.5, 0.6) is 11.5 Å². The Morgan fingerprint density at radius 3 is 2.10 bits per heavy atom. The molecule has 0 bridgehead atoms. The molecule has 9 rings (SSSR count). The van der Waals surface area contributed by atoms with Crippen LogP contribution in [0.15, 0.2) is 73.1 Å². The molecule has 6 aromatic rings. The Bertz CT molecular complexity index is 2930. The molecule has 0 radical (unpaired) electrons. The Morgan fingerprint density at radius 1 is 0.797 bits per heavy atom. The summed E-state index contributed by atoms with van der Waals surface area (Å²) in [5.41, 5.74) is 4.74. The van der Waals surface area contributed by atoms with Gasteiger partial charge in [0.1, 0.15) is 47.2 Å². The number of methoxy groups -OCH3 is 3. The van der Waals surface area contributed by atoms with E-state index in [1.807, 2.05) is 66.9 Å². The molecule has 3 aromatic carbocycles. The summed E-state index contributed by atoms with van der Waals surface area (Å²) in [7, 11) is 4.05. The van der Waals surface area contributed by atoms with Gasteiger partial charge < -0.3 is 53.9 Å². The van der Waals surface area contributed by atoms with Gasteiger partial charge in [0, 0.05) is 35.0 Å². The summed E-state index contributed by atoms with van der Waals surface area (Å²) in [6.45, 7) is 7.63. The molecule has 6 atom stereocenters. The van der Waals surface area contributed by atoms with Gasteiger partial charge in [-0.3, -0.25) is 9.59 Å². The lowest BCUT2D eigenvalue weighted by Gasteiger charge is -2.31. The zero-order valence-electron chi connectivity index (χ0n) is 39.3. The minimum Gasteiger partial charge on any atom is -0.497 e. The number of alkyl carbamates (subject to hydrolysis) is 2. The first kappa shape index (κ1) is 46.7. The first-order valence-electron chi connectivity index (χ1n) is 23.0. The van der Waals surface area contributed by atoms with Crippen LogP contribution in [0.4, 0.5) is 18.4 Å². The summed E-state index contributed by atoms with van der Waals surface area (Å²) in [4.78, 5) is 70.9. The third-order valence-corrected chi connectivity index (χ3v) is 13.3. The fourth-order valence-corrected chi connectivity index (χ4v) is 9.78. The van der Waals surface area contributed by atoms with E-state index in [4.69, 9.17) is 18.9 Å². The lowest BCUT2D eigenvalue weighted by molar-refractivity contribution is -0.136. The number of hydrogen-bond acceptors (Lipinski definition) is 10. The number of rotatable bonds is 12. The normalized spacial score (nSPS) is 19.5. The van der Waals surface area contributed by atoms with Crippen molar-refractivity contribution in [3.63, 3.8) is 0 Å². The van der Waals surface area contributed by atoms with E-state index in [2.05, 4.69) is 30.6 Å². The highest BCUT2D eigenvalue weighted by Gasteiger charge is 2.42. The highest BCUT2D eigenvalue weighted by atomic mass is 19.1. The van der Waals surface area contributed by atoms with Crippen LogP contribution < -0.4 is 20.1 Å². The largest absolute Gasteiger partial charge is 0.497 e. The van der Waals surface area contributed by atoms with E-state index >= 15 is 8.78 Å². The van der Waals surface area contributed by atoms with Gasteiger partial charge in [0.15, 0.2) is 0 Å². The summed E-state index contributed by atoms with van der Waals surface area (Å²) >= 11 is 0. The van der Waals surface area contributed by atoms with Crippen LogP contribution in [0.2, 0.25) is 0 Å². The molecular formula is C50H55F2N9O8. The zero-order chi connectivity index (χ0) is 48.8. The topological polar surface area (TPSA) is 198 Å². The van der Waals surface area contributed by atoms with E-state index in [-0.39, 0.29) is 42.3 Å². The fraction of sp³-hybridized carbons (Fsp3) is 0.400. The molecule has 362 valence electrons. The van der Waals surface area contributed by atoms with E-state index in [1.165, 1.54) is 25.2 Å². The maximum absolute atomic E-state index is 16.9. The number of aromatic amines is 2. The molecule has 3 aliphatic rings. The summed E-state index contributed by atoms with van der Waals surface area (Å²) in [5, 5.41) is 6.04. The molecule has 0 spiro atoms. The van der Waals surface area contributed by atoms with Crippen molar-refractivity contribution in [1.29, 1.82) is 0 Å². The van der Waals surface area contributed by atoms with Crippen molar-refractivity contribution in [1.82, 2.24) is 44.9 Å². The maximum Gasteiger partial charge on any atom is 0.407 e. The van der Waals surface area contributed by atoms with Crippen LogP contribution in [-0.2, 0) is 19.1 Å². The first-order chi connectivity index (χ1) is 33.2. The number of halogens is 2.